The lowest BCUT2D eigenvalue weighted by molar-refractivity contribution is 0.163. The van der Waals surface area contributed by atoms with E-state index >= 15 is 0 Å². The third-order valence-corrected chi connectivity index (χ3v) is 6.34. The summed E-state index contributed by atoms with van der Waals surface area (Å²) in [7, 11) is -3.11. The molecule has 25 heavy (non-hydrogen) atoms. The number of carbonyl (C=O) groups excluding carboxylic acids is 1. The van der Waals surface area contributed by atoms with Crippen LogP contribution < -0.4 is 10.6 Å². The third kappa shape index (κ3) is 3.12. The molecule has 0 aliphatic carbocycles. The van der Waals surface area contributed by atoms with Crippen LogP contribution in [0.2, 0.25) is 0 Å². The SMILES string of the molecule is O=C(Nc1ccnn1-c1ccccc1)N1CCN[C@H]2CS(=O)(=O)C[C@H]21. The fraction of sp³-hybridized carbons (Fsp3) is 0.375. The van der Waals surface area contributed by atoms with Gasteiger partial charge in [-0.05, 0) is 12.1 Å². The quantitative estimate of drug-likeness (QED) is 0.811. The molecule has 132 valence electrons. The van der Waals surface area contributed by atoms with Crippen molar-refractivity contribution in [2.45, 2.75) is 12.1 Å². The molecule has 4 rings (SSSR count). The number of amides is 2. The second-order valence-electron chi connectivity index (χ2n) is 6.29. The Morgan fingerprint density at radius 1 is 1.20 bits per heavy atom. The van der Waals surface area contributed by atoms with Gasteiger partial charge >= 0.3 is 6.03 Å². The molecular weight excluding hydrogens is 342 g/mol. The van der Waals surface area contributed by atoms with E-state index in [-0.39, 0.29) is 29.6 Å². The summed E-state index contributed by atoms with van der Waals surface area (Å²) in [5.41, 5.74) is 0.837. The van der Waals surface area contributed by atoms with E-state index in [0.29, 0.717) is 18.9 Å². The summed E-state index contributed by atoms with van der Waals surface area (Å²) in [5, 5.41) is 10.3. The predicted octanol–water partition coefficient (Wildman–Crippen LogP) is 0.475. The zero-order valence-corrected chi connectivity index (χ0v) is 14.3. The molecule has 0 saturated carbocycles. The molecule has 2 saturated heterocycles. The molecule has 9 heteroatoms. The average molecular weight is 361 g/mol. The second-order valence-corrected chi connectivity index (χ2v) is 8.45. The van der Waals surface area contributed by atoms with Crippen LogP contribution in [-0.4, -0.2) is 65.8 Å². The molecule has 3 heterocycles. The van der Waals surface area contributed by atoms with E-state index in [4.69, 9.17) is 0 Å². The van der Waals surface area contributed by atoms with E-state index in [1.165, 1.54) is 0 Å². The van der Waals surface area contributed by atoms with Gasteiger partial charge in [0, 0.05) is 25.2 Å². The van der Waals surface area contributed by atoms with Crippen LogP contribution in [0.25, 0.3) is 5.69 Å². The van der Waals surface area contributed by atoms with Crippen LogP contribution in [0.4, 0.5) is 10.6 Å². The summed E-state index contributed by atoms with van der Waals surface area (Å²) in [6.45, 7) is 1.06. The van der Waals surface area contributed by atoms with Crippen molar-refractivity contribution in [2.24, 2.45) is 0 Å². The van der Waals surface area contributed by atoms with Crippen molar-refractivity contribution in [3.05, 3.63) is 42.6 Å². The van der Waals surface area contributed by atoms with Gasteiger partial charge in [0.25, 0.3) is 0 Å². The minimum absolute atomic E-state index is 0.00995. The summed E-state index contributed by atoms with van der Waals surface area (Å²) in [6.07, 6.45) is 1.61. The van der Waals surface area contributed by atoms with E-state index in [1.807, 2.05) is 30.3 Å². The summed E-state index contributed by atoms with van der Waals surface area (Å²) < 4.78 is 25.5. The van der Waals surface area contributed by atoms with Crippen LogP contribution in [0, 0.1) is 0 Å². The Hall–Kier alpha value is -2.39. The number of nitrogens with zero attached hydrogens (tertiary/aromatic N) is 3. The lowest BCUT2D eigenvalue weighted by atomic mass is 10.1. The largest absolute Gasteiger partial charge is 0.323 e. The maximum Gasteiger partial charge on any atom is 0.323 e. The molecule has 2 aliphatic rings. The highest BCUT2D eigenvalue weighted by atomic mass is 32.2. The van der Waals surface area contributed by atoms with E-state index in [9.17, 15) is 13.2 Å². The molecule has 1 aromatic heterocycles. The lowest BCUT2D eigenvalue weighted by Gasteiger charge is -2.37. The average Bonchev–Trinajstić information content (AvgIpc) is 3.17. The highest BCUT2D eigenvalue weighted by molar-refractivity contribution is 7.91. The Kier molecular flexibility index (Phi) is 3.97. The van der Waals surface area contributed by atoms with Crippen LogP contribution >= 0.6 is 0 Å². The zero-order chi connectivity index (χ0) is 17.4. The fourth-order valence-corrected chi connectivity index (χ4v) is 5.43. The fourth-order valence-electron chi connectivity index (χ4n) is 3.47. The molecule has 2 N–H and O–H groups in total. The number of benzene rings is 1. The Balaban J connectivity index is 1.54. The first-order valence-electron chi connectivity index (χ1n) is 8.14. The van der Waals surface area contributed by atoms with Gasteiger partial charge in [-0.1, -0.05) is 18.2 Å². The van der Waals surface area contributed by atoms with Crippen molar-refractivity contribution in [2.75, 3.05) is 29.9 Å². The molecule has 2 amide bonds. The highest BCUT2D eigenvalue weighted by Gasteiger charge is 2.44. The lowest BCUT2D eigenvalue weighted by Crippen LogP contribution is -2.59. The van der Waals surface area contributed by atoms with Crippen molar-refractivity contribution in [3.63, 3.8) is 0 Å². The third-order valence-electron chi connectivity index (χ3n) is 4.62. The van der Waals surface area contributed by atoms with Gasteiger partial charge in [-0.2, -0.15) is 5.10 Å². The molecule has 0 bridgehead atoms. The number of anilines is 1. The predicted molar refractivity (Wildman–Crippen MR) is 93.5 cm³/mol. The van der Waals surface area contributed by atoms with Crippen molar-refractivity contribution in [1.29, 1.82) is 0 Å². The summed E-state index contributed by atoms with van der Waals surface area (Å²) in [4.78, 5) is 14.4. The molecule has 2 atom stereocenters. The van der Waals surface area contributed by atoms with Crippen LogP contribution in [0.3, 0.4) is 0 Å². The second kappa shape index (κ2) is 6.16. The van der Waals surface area contributed by atoms with Gasteiger partial charge in [0.2, 0.25) is 0 Å². The van der Waals surface area contributed by atoms with Crippen molar-refractivity contribution in [3.8, 4) is 5.69 Å². The molecule has 2 aromatic rings. The minimum atomic E-state index is -3.11. The van der Waals surface area contributed by atoms with Crippen molar-refractivity contribution < 1.29 is 13.2 Å². The van der Waals surface area contributed by atoms with Crippen molar-refractivity contribution in [1.82, 2.24) is 20.0 Å². The summed E-state index contributed by atoms with van der Waals surface area (Å²) >= 11 is 0. The topological polar surface area (TPSA) is 96.3 Å². The summed E-state index contributed by atoms with van der Waals surface area (Å²) in [6, 6.07) is 10.4. The van der Waals surface area contributed by atoms with Gasteiger partial charge in [-0.25, -0.2) is 17.9 Å². The van der Waals surface area contributed by atoms with Crippen LogP contribution in [0.1, 0.15) is 0 Å². The van der Waals surface area contributed by atoms with Crippen LogP contribution in [0.15, 0.2) is 42.6 Å². The van der Waals surface area contributed by atoms with Gasteiger partial charge in [-0.3, -0.25) is 5.32 Å². The van der Waals surface area contributed by atoms with E-state index < -0.39 is 9.84 Å². The number of aromatic nitrogens is 2. The highest BCUT2D eigenvalue weighted by Crippen LogP contribution is 2.23. The van der Waals surface area contributed by atoms with Gasteiger partial charge < -0.3 is 10.2 Å². The number of fused-ring (bicyclic) bond motifs is 1. The van der Waals surface area contributed by atoms with Crippen LogP contribution in [-0.2, 0) is 9.84 Å². The molecule has 2 aliphatic heterocycles. The van der Waals surface area contributed by atoms with Gasteiger partial charge in [0.05, 0.1) is 29.4 Å². The Morgan fingerprint density at radius 3 is 2.80 bits per heavy atom. The number of carbonyl (C=O) groups is 1. The number of hydrogen-bond donors (Lipinski definition) is 2. The monoisotopic (exact) mass is 361 g/mol. The van der Waals surface area contributed by atoms with E-state index in [2.05, 4.69) is 15.7 Å². The minimum Gasteiger partial charge on any atom is -0.318 e. The number of rotatable bonds is 2. The standard InChI is InChI=1S/C16H19N5O3S/c22-16(20-9-8-17-13-10-25(23,24)11-14(13)20)19-15-6-7-18-21(15)12-4-2-1-3-5-12/h1-7,13-14,17H,8-11H2,(H,19,22)/t13-,14+/m0/s1. The molecule has 0 unspecified atom stereocenters. The molecule has 2 fully saturated rings. The maximum atomic E-state index is 12.8. The molecular formula is C16H19N5O3S. The van der Waals surface area contributed by atoms with Gasteiger partial charge in [-0.15, -0.1) is 0 Å². The van der Waals surface area contributed by atoms with Gasteiger partial charge in [0.1, 0.15) is 5.82 Å². The molecule has 1 aromatic carbocycles. The molecule has 8 nitrogen and oxygen atoms in total. The number of hydrogen-bond acceptors (Lipinski definition) is 5. The number of piperazine rings is 1. The van der Waals surface area contributed by atoms with Gasteiger partial charge in [0.15, 0.2) is 9.84 Å². The number of sulfone groups is 1. The Morgan fingerprint density at radius 2 is 2.00 bits per heavy atom. The van der Waals surface area contributed by atoms with Crippen LogP contribution in [0.5, 0.6) is 0 Å². The first kappa shape index (κ1) is 16.1. The smallest absolute Gasteiger partial charge is 0.318 e. The van der Waals surface area contributed by atoms with E-state index in [1.54, 1.807) is 21.8 Å². The zero-order valence-electron chi connectivity index (χ0n) is 13.5. The molecule has 0 spiro atoms. The van der Waals surface area contributed by atoms with Crippen molar-refractivity contribution >= 4 is 21.7 Å². The Bertz CT molecular complexity index is 880. The normalized spacial score (nSPS) is 24.7. The van der Waals surface area contributed by atoms with E-state index in [0.717, 1.165) is 5.69 Å². The number of nitrogens with one attached hydrogen (secondary N) is 2. The first-order valence-corrected chi connectivity index (χ1v) is 9.96. The number of urea groups is 1. The summed E-state index contributed by atoms with van der Waals surface area (Å²) in [5.74, 6) is 0.645. The number of para-hydroxylation sites is 1. The first-order chi connectivity index (χ1) is 12.0. The molecule has 0 radical (unpaired) electrons. The maximum absolute atomic E-state index is 12.8. The Labute approximate surface area is 145 Å².